The largest absolute Gasteiger partial charge is 0.461 e. The molecular weight excluding hydrogens is 261 g/mol. The molecule has 2 rings (SSSR count). The highest BCUT2D eigenvalue weighted by Crippen LogP contribution is 2.21. The van der Waals surface area contributed by atoms with E-state index in [0.717, 1.165) is 0 Å². The van der Waals surface area contributed by atoms with E-state index in [2.05, 4.69) is 20.3 Å². The van der Waals surface area contributed by atoms with Gasteiger partial charge in [-0.25, -0.2) is 4.39 Å². The fraction of sp³-hybridized carbons (Fsp3) is 0.308. The van der Waals surface area contributed by atoms with Gasteiger partial charge in [-0.3, -0.25) is 0 Å². The molecule has 0 aliphatic carbocycles. The molecule has 20 heavy (non-hydrogen) atoms. The van der Waals surface area contributed by atoms with Gasteiger partial charge in [0.25, 0.3) is 0 Å². The zero-order chi connectivity index (χ0) is 14.7. The Morgan fingerprint density at radius 2 is 2.00 bits per heavy atom. The van der Waals surface area contributed by atoms with Gasteiger partial charge in [0.1, 0.15) is 5.82 Å². The fourth-order valence-electron chi connectivity index (χ4n) is 1.55. The van der Waals surface area contributed by atoms with E-state index in [-0.39, 0.29) is 29.8 Å². The van der Waals surface area contributed by atoms with Crippen molar-refractivity contribution in [3.63, 3.8) is 0 Å². The number of benzene rings is 1. The minimum absolute atomic E-state index is 0.0345. The lowest BCUT2D eigenvalue weighted by molar-refractivity contribution is 0.222. The summed E-state index contributed by atoms with van der Waals surface area (Å²) in [5, 5.41) is 2.91. The van der Waals surface area contributed by atoms with E-state index in [1.54, 1.807) is 19.1 Å². The first kappa shape index (κ1) is 14.0. The number of ether oxygens (including phenoxy) is 1. The Morgan fingerprint density at radius 3 is 2.70 bits per heavy atom. The van der Waals surface area contributed by atoms with Crippen LogP contribution in [0.1, 0.15) is 19.4 Å². The Morgan fingerprint density at radius 1 is 1.25 bits per heavy atom. The third kappa shape index (κ3) is 3.31. The summed E-state index contributed by atoms with van der Waals surface area (Å²) in [5.74, 6) is -0.0651. The number of halogens is 1. The van der Waals surface area contributed by atoms with Crippen LogP contribution in [0.4, 0.5) is 22.0 Å². The number of aromatic nitrogens is 3. The maximum Gasteiger partial charge on any atom is 0.323 e. The average Bonchev–Trinajstić information content (AvgIpc) is 2.33. The van der Waals surface area contributed by atoms with Gasteiger partial charge in [0.2, 0.25) is 11.9 Å². The average molecular weight is 277 g/mol. The molecule has 1 aromatic carbocycles. The molecule has 0 unspecified atom stereocenters. The van der Waals surface area contributed by atoms with Gasteiger partial charge in [-0.1, -0.05) is 6.07 Å². The van der Waals surface area contributed by atoms with Crippen molar-refractivity contribution in [3.05, 3.63) is 29.6 Å². The molecule has 0 amide bonds. The van der Waals surface area contributed by atoms with Crippen molar-refractivity contribution in [1.82, 2.24) is 15.0 Å². The zero-order valence-corrected chi connectivity index (χ0v) is 11.5. The summed E-state index contributed by atoms with van der Waals surface area (Å²) < 4.78 is 18.8. The summed E-state index contributed by atoms with van der Waals surface area (Å²) in [7, 11) is 0. The number of nitrogens with two attached hydrogens (primary N) is 1. The number of rotatable bonds is 4. The van der Waals surface area contributed by atoms with Crippen LogP contribution >= 0.6 is 0 Å². The number of anilines is 3. The fourth-order valence-corrected chi connectivity index (χ4v) is 1.55. The molecule has 0 aliphatic heterocycles. The van der Waals surface area contributed by atoms with Crippen LogP contribution < -0.4 is 15.8 Å². The van der Waals surface area contributed by atoms with Gasteiger partial charge >= 0.3 is 6.01 Å². The summed E-state index contributed by atoms with van der Waals surface area (Å²) in [5.41, 5.74) is 6.63. The highest BCUT2D eigenvalue weighted by molar-refractivity contribution is 5.58. The molecule has 3 N–H and O–H groups in total. The Labute approximate surface area is 116 Å². The van der Waals surface area contributed by atoms with Crippen molar-refractivity contribution in [3.8, 4) is 6.01 Å². The molecule has 1 heterocycles. The summed E-state index contributed by atoms with van der Waals surface area (Å²) >= 11 is 0. The topological polar surface area (TPSA) is 86.0 Å². The Bertz CT molecular complexity index is 618. The number of hydrogen-bond acceptors (Lipinski definition) is 6. The third-order valence-electron chi connectivity index (χ3n) is 2.49. The second-order valence-electron chi connectivity index (χ2n) is 4.50. The van der Waals surface area contributed by atoms with Gasteiger partial charge in [0.05, 0.1) is 6.10 Å². The number of nitrogen functional groups attached to an aromatic ring is 1. The van der Waals surface area contributed by atoms with Gasteiger partial charge < -0.3 is 15.8 Å². The van der Waals surface area contributed by atoms with E-state index in [0.29, 0.717) is 11.3 Å². The summed E-state index contributed by atoms with van der Waals surface area (Å²) in [6, 6.07) is 4.83. The van der Waals surface area contributed by atoms with Crippen molar-refractivity contribution >= 4 is 17.6 Å². The first-order chi connectivity index (χ1) is 9.45. The minimum atomic E-state index is -0.310. The second-order valence-corrected chi connectivity index (χ2v) is 4.50. The van der Waals surface area contributed by atoms with Gasteiger partial charge in [-0.2, -0.15) is 15.0 Å². The lowest BCUT2D eigenvalue weighted by Crippen LogP contribution is -2.12. The van der Waals surface area contributed by atoms with Crippen molar-refractivity contribution in [1.29, 1.82) is 0 Å². The quantitative estimate of drug-likeness (QED) is 0.892. The number of nitrogens with zero attached hydrogens (tertiary/aromatic N) is 3. The van der Waals surface area contributed by atoms with Crippen LogP contribution in [-0.2, 0) is 0 Å². The van der Waals surface area contributed by atoms with Gasteiger partial charge in [0.15, 0.2) is 0 Å². The van der Waals surface area contributed by atoms with Crippen LogP contribution in [-0.4, -0.2) is 21.1 Å². The van der Waals surface area contributed by atoms with E-state index in [1.165, 1.54) is 6.07 Å². The van der Waals surface area contributed by atoms with E-state index in [4.69, 9.17) is 10.5 Å². The molecule has 0 fully saturated rings. The van der Waals surface area contributed by atoms with Crippen molar-refractivity contribution < 1.29 is 9.13 Å². The first-order valence-corrected chi connectivity index (χ1v) is 6.16. The van der Waals surface area contributed by atoms with Crippen LogP contribution in [0.2, 0.25) is 0 Å². The van der Waals surface area contributed by atoms with Crippen LogP contribution in [0.15, 0.2) is 18.2 Å². The first-order valence-electron chi connectivity index (χ1n) is 6.16. The summed E-state index contributed by atoms with van der Waals surface area (Å²) in [4.78, 5) is 11.9. The normalized spacial score (nSPS) is 10.7. The Kier molecular flexibility index (Phi) is 3.97. The monoisotopic (exact) mass is 277 g/mol. The van der Waals surface area contributed by atoms with E-state index >= 15 is 0 Å². The molecule has 0 spiro atoms. The predicted octanol–water partition coefficient (Wildman–Crippen LogP) is 2.43. The van der Waals surface area contributed by atoms with Crippen LogP contribution in [0.5, 0.6) is 6.01 Å². The Balaban J connectivity index is 2.29. The molecule has 7 heteroatoms. The minimum Gasteiger partial charge on any atom is -0.461 e. The van der Waals surface area contributed by atoms with E-state index in [1.807, 2.05) is 13.8 Å². The van der Waals surface area contributed by atoms with Crippen molar-refractivity contribution in [2.75, 3.05) is 11.1 Å². The SMILES string of the molecule is Cc1c(F)cccc1Nc1nc(N)nc(OC(C)C)n1. The van der Waals surface area contributed by atoms with E-state index < -0.39 is 0 Å². The molecule has 1 aromatic heterocycles. The molecule has 0 saturated carbocycles. The molecule has 6 nitrogen and oxygen atoms in total. The van der Waals surface area contributed by atoms with Crippen molar-refractivity contribution in [2.45, 2.75) is 26.9 Å². The smallest absolute Gasteiger partial charge is 0.323 e. The maximum absolute atomic E-state index is 13.5. The highest BCUT2D eigenvalue weighted by Gasteiger charge is 2.09. The van der Waals surface area contributed by atoms with Crippen LogP contribution in [0.25, 0.3) is 0 Å². The predicted molar refractivity (Wildman–Crippen MR) is 74.4 cm³/mol. The van der Waals surface area contributed by atoms with Crippen molar-refractivity contribution in [2.24, 2.45) is 0 Å². The van der Waals surface area contributed by atoms with Crippen LogP contribution in [0.3, 0.4) is 0 Å². The number of nitrogens with one attached hydrogen (secondary N) is 1. The standard InChI is InChI=1S/C13H16FN5O/c1-7(2)20-13-18-11(15)17-12(19-13)16-10-6-4-5-9(14)8(10)3/h4-7H,1-3H3,(H3,15,16,17,18,19). The molecule has 0 atom stereocenters. The number of hydrogen-bond donors (Lipinski definition) is 2. The second kappa shape index (κ2) is 5.68. The molecule has 106 valence electrons. The van der Waals surface area contributed by atoms with Gasteiger partial charge in [-0.05, 0) is 32.9 Å². The lowest BCUT2D eigenvalue weighted by atomic mass is 10.2. The molecule has 2 aromatic rings. The maximum atomic E-state index is 13.5. The highest BCUT2D eigenvalue weighted by atomic mass is 19.1. The van der Waals surface area contributed by atoms with Crippen LogP contribution in [0, 0.1) is 12.7 Å². The molecule has 0 saturated heterocycles. The Hall–Kier alpha value is -2.44. The molecular formula is C13H16FN5O. The van der Waals surface area contributed by atoms with E-state index in [9.17, 15) is 4.39 Å². The molecule has 0 bridgehead atoms. The third-order valence-corrected chi connectivity index (χ3v) is 2.49. The summed E-state index contributed by atoms with van der Waals surface area (Å²) in [6.07, 6.45) is -0.0828. The lowest BCUT2D eigenvalue weighted by Gasteiger charge is -2.11. The zero-order valence-electron chi connectivity index (χ0n) is 11.5. The molecule has 0 radical (unpaired) electrons. The summed E-state index contributed by atoms with van der Waals surface area (Å²) in [6.45, 7) is 5.36. The molecule has 0 aliphatic rings. The van der Waals surface area contributed by atoms with Gasteiger partial charge in [-0.15, -0.1) is 0 Å². The van der Waals surface area contributed by atoms with Gasteiger partial charge in [0, 0.05) is 11.3 Å².